The smallest absolute Gasteiger partial charge is 0.321 e. The van der Waals surface area contributed by atoms with Gasteiger partial charge in [-0.15, -0.1) is 0 Å². The molecule has 2 aromatic rings. The van der Waals surface area contributed by atoms with E-state index in [-0.39, 0.29) is 17.8 Å². The zero-order chi connectivity index (χ0) is 23.0. The minimum Gasteiger partial charge on any atom is -0.504 e. The molecule has 4 N–H and O–H groups in total. The first-order chi connectivity index (χ1) is 15.8. The van der Waals surface area contributed by atoms with Gasteiger partial charge in [-0.1, -0.05) is 36.4 Å². The predicted molar refractivity (Wildman–Crippen MR) is 122 cm³/mol. The summed E-state index contributed by atoms with van der Waals surface area (Å²) in [5, 5.41) is 36.3. The monoisotopic (exact) mass is 450 g/mol. The lowest BCUT2D eigenvalue weighted by Crippen LogP contribution is -2.78. The molecule has 2 fully saturated rings. The van der Waals surface area contributed by atoms with Gasteiger partial charge in [0.1, 0.15) is 12.1 Å². The third kappa shape index (κ3) is 2.76. The Bertz CT molecular complexity index is 1110. The number of phenols is 1. The molecule has 7 nitrogen and oxygen atoms in total. The number of nitrogens with zero attached hydrogens (tertiary/aromatic N) is 1. The number of benzene rings is 2. The van der Waals surface area contributed by atoms with Crippen molar-refractivity contribution in [2.45, 2.75) is 67.3 Å². The molecule has 33 heavy (non-hydrogen) atoms. The molecule has 4 aliphatic rings. The molecule has 6 rings (SSSR count). The fourth-order valence-corrected chi connectivity index (χ4v) is 7.25. The number of aliphatic hydroxyl groups is 1. The van der Waals surface area contributed by atoms with Crippen molar-refractivity contribution >= 4 is 5.97 Å². The van der Waals surface area contributed by atoms with E-state index in [9.17, 15) is 20.1 Å². The number of aliphatic carboxylic acids is 1. The fraction of sp³-hybridized carbons (Fsp3) is 0.500. The van der Waals surface area contributed by atoms with Gasteiger partial charge in [-0.3, -0.25) is 10.1 Å². The Hall–Kier alpha value is -2.61. The van der Waals surface area contributed by atoms with Crippen LogP contribution in [0.4, 0.5) is 0 Å². The normalized spacial score (nSPS) is 34.9. The highest BCUT2D eigenvalue weighted by Crippen LogP contribution is 2.65. The van der Waals surface area contributed by atoms with Crippen molar-refractivity contribution in [3.63, 3.8) is 0 Å². The van der Waals surface area contributed by atoms with E-state index in [1.807, 2.05) is 36.4 Å². The topological polar surface area (TPSA) is 102 Å². The number of carbonyl (C=O) groups is 1. The van der Waals surface area contributed by atoms with Crippen LogP contribution in [0.25, 0.3) is 0 Å². The summed E-state index contributed by atoms with van der Waals surface area (Å²) in [7, 11) is 2.07. The lowest BCUT2D eigenvalue weighted by molar-refractivity contribution is -0.187. The van der Waals surface area contributed by atoms with Gasteiger partial charge >= 0.3 is 5.97 Å². The highest BCUT2D eigenvalue weighted by molar-refractivity contribution is 5.74. The average Bonchev–Trinajstić information content (AvgIpc) is 3.16. The summed E-state index contributed by atoms with van der Waals surface area (Å²) >= 11 is 0. The largest absolute Gasteiger partial charge is 0.504 e. The summed E-state index contributed by atoms with van der Waals surface area (Å²) in [6.07, 6.45) is 2.52. The Morgan fingerprint density at radius 2 is 2.03 bits per heavy atom. The van der Waals surface area contributed by atoms with Crippen LogP contribution in [-0.4, -0.2) is 69.6 Å². The van der Waals surface area contributed by atoms with Crippen LogP contribution in [0.2, 0.25) is 0 Å². The van der Waals surface area contributed by atoms with Gasteiger partial charge in [0.25, 0.3) is 0 Å². The maximum Gasteiger partial charge on any atom is 0.321 e. The van der Waals surface area contributed by atoms with Gasteiger partial charge in [0.15, 0.2) is 11.5 Å². The quantitative estimate of drug-likeness (QED) is 0.551. The van der Waals surface area contributed by atoms with Crippen LogP contribution in [0.5, 0.6) is 11.5 Å². The first-order valence-corrected chi connectivity index (χ1v) is 11.8. The summed E-state index contributed by atoms with van der Waals surface area (Å²) in [4.78, 5) is 14.4. The van der Waals surface area contributed by atoms with E-state index in [1.54, 1.807) is 6.07 Å². The number of phenolic OH excluding ortho intramolecular Hbond substituents is 1. The molecule has 7 heteroatoms. The number of piperidine rings is 1. The van der Waals surface area contributed by atoms with E-state index in [4.69, 9.17) is 4.74 Å². The number of likely N-dealkylation sites (tertiary alicyclic amines) is 1. The zero-order valence-electron chi connectivity index (χ0n) is 18.7. The van der Waals surface area contributed by atoms with Crippen molar-refractivity contribution in [3.8, 4) is 11.5 Å². The van der Waals surface area contributed by atoms with E-state index in [0.717, 1.165) is 29.7 Å². The molecular weight excluding hydrogens is 420 g/mol. The van der Waals surface area contributed by atoms with Crippen molar-refractivity contribution in [1.82, 2.24) is 10.2 Å². The minimum atomic E-state index is -0.979. The van der Waals surface area contributed by atoms with Gasteiger partial charge in [-0.05, 0) is 62.9 Å². The summed E-state index contributed by atoms with van der Waals surface area (Å²) in [5.41, 5.74) is 1.38. The van der Waals surface area contributed by atoms with Gasteiger partial charge in [-0.25, -0.2) is 0 Å². The first kappa shape index (κ1) is 21.0. The standard InChI is InChI=1S/C26H30N2O5/c1-28-12-11-25-21-16-7-8-19(29)22(21)33-23(25)17(9-10-26(25,32)20(28)14-16)27-18(24(30)31)13-15-5-3-2-4-6-15/h2-8,17-18,20,23,27,29,32H,9-14H2,1H3,(H,30,31)/t17-,18+,20-,23+,25+,26-/m1/s1. The molecule has 0 unspecified atom stereocenters. The van der Waals surface area contributed by atoms with Crippen LogP contribution in [0.1, 0.15) is 36.0 Å². The lowest BCUT2D eigenvalue weighted by Gasteiger charge is -2.63. The molecular formula is C26H30N2O5. The molecule has 1 saturated heterocycles. The molecule has 2 aliphatic carbocycles. The lowest BCUT2D eigenvalue weighted by atomic mass is 9.48. The van der Waals surface area contributed by atoms with Gasteiger partial charge in [0, 0.05) is 17.6 Å². The second-order valence-corrected chi connectivity index (χ2v) is 10.2. The van der Waals surface area contributed by atoms with Crippen LogP contribution in [0.3, 0.4) is 0 Å². The van der Waals surface area contributed by atoms with Gasteiger partial charge in [0.2, 0.25) is 0 Å². The van der Waals surface area contributed by atoms with Gasteiger partial charge in [-0.2, -0.15) is 0 Å². The molecule has 2 aromatic carbocycles. The number of likely N-dealkylation sites (N-methyl/N-ethyl adjacent to an activating group) is 1. The van der Waals surface area contributed by atoms with Crippen LogP contribution in [0, 0.1) is 0 Å². The highest BCUT2D eigenvalue weighted by atomic mass is 16.5. The minimum absolute atomic E-state index is 0.0270. The van der Waals surface area contributed by atoms with E-state index < -0.39 is 29.1 Å². The molecule has 2 heterocycles. The Morgan fingerprint density at radius 3 is 2.79 bits per heavy atom. The predicted octanol–water partition coefficient (Wildman–Crippen LogP) is 1.83. The number of carboxylic acids is 1. The second-order valence-electron chi connectivity index (χ2n) is 10.2. The van der Waals surface area contributed by atoms with Crippen LogP contribution in [-0.2, 0) is 23.1 Å². The molecule has 1 saturated carbocycles. The maximum atomic E-state index is 12.2. The van der Waals surface area contributed by atoms with Crippen LogP contribution in [0.15, 0.2) is 42.5 Å². The SMILES string of the molecule is CN1CC[C@]23c4c5ccc(O)c4O[C@H]2[C@H](N[C@@H](Cc2ccccc2)C(=O)O)CC[C@@]3(O)[C@H]1C5. The molecule has 6 atom stereocenters. The molecule has 1 spiro atoms. The highest BCUT2D eigenvalue weighted by Gasteiger charge is 2.72. The van der Waals surface area contributed by atoms with Crippen molar-refractivity contribution in [2.75, 3.05) is 13.6 Å². The molecule has 0 amide bonds. The molecule has 174 valence electrons. The molecule has 2 aliphatic heterocycles. The Balaban J connectivity index is 1.40. The third-order valence-corrected chi connectivity index (χ3v) is 8.73. The van der Waals surface area contributed by atoms with Crippen molar-refractivity contribution in [1.29, 1.82) is 0 Å². The van der Waals surface area contributed by atoms with Crippen molar-refractivity contribution in [2.24, 2.45) is 0 Å². The van der Waals surface area contributed by atoms with E-state index in [2.05, 4.69) is 17.3 Å². The first-order valence-electron chi connectivity index (χ1n) is 11.8. The van der Waals surface area contributed by atoms with E-state index in [1.165, 1.54) is 0 Å². The van der Waals surface area contributed by atoms with Crippen molar-refractivity contribution < 1.29 is 24.9 Å². The Labute approximate surface area is 193 Å². The zero-order valence-corrected chi connectivity index (χ0v) is 18.7. The van der Waals surface area contributed by atoms with E-state index >= 15 is 0 Å². The summed E-state index contributed by atoms with van der Waals surface area (Å²) in [6, 6.07) is 12.2. The number of rotatable bonds is 5. The number of ether oxygens (including phenoxy) is 1. The maximum absolute atomic E-state index is 12.2. The molecule has 0 radical (unpaired) electrons. The fourth-order valence-electron chi connectivity index (χ4n) is 7.25. The Morgan fingerprint density at radius 1 is 1.24 bits per heavy atom. The second kappa shape index (κ2) is 7.19. The molecule has 2 bridgehead atoms. The Kier molecular flexibility index (Phi) is 4.57. The number of aromatic hydroxyl groups is 1. The van der Waals surface area contributed by atoms with E-state index in [0.29, 0.717) is 31.4 Å². The number of nitrogens with one attached hydrogen (secondary N) is 1. The van der Waals surface area contributed by atoms with Gasteiger partial charge in [0.05, 0.1) is 11.0 Å². The molecule has 0 aromatic heterocycles. The summed E-state index contributed by atoms with van der Waals surface area (Å²) in [6.45, 7) is 0.820. The average molecular weight is 451 g/mol. The van der Waals surface area contributed by atoms with Crippen LogP contribution < -0.4 is 10.1 Å². The summed E-state index contributed by atoms with van der Waals surface area (Å²) in [5.74, 6) is -0.334. The van der Waals surface area contributed by atoms with Crippen molar-refractivity contribution in [3.05, 3.63) is 59.2 Å². The number of hydrogen-bond acceptors (Lipinski definition) is 6. The summed E-state index contributed by atoms with van der Waals surface area (Å²) < 4.78 is 6.47. The number of carboxylic acid groups (broad SMARTS) is 1. The third-order valence-electron chi connectivity index (χ3n) is 8.73. The van der Waals surface area contributed by atoms with Gasteiger partial charge < -0.3 is 25.0 Å². The van der Waals surface area contributed by atoms with Crippen LogP contribution >= 0.6 is 0 Å². The number of hydrogen-bond donors (Lipinski definition) is 4.